The highest BCUT2D eigenvalue weighted by atomic mass is 16.4. The minimum atomic E-state index is -0.697. The van der Waals surface area contributed by atoms with E-state index in [1.54, 1.807) is 0 Å². The van der Waals surface area contributed by atoms with Crippen LogP contribution in [0.5, 0.6) is 0 Å². The van der Waals surface area contributed by atoms with E-state index in [2.05, 4.69) is 31.0 Å². The van der Waals surface area contributed by atoms with Crippen molar-refractivity contribution in [3.05, 3.63) is 0 Å². The Morgan fingerprint density at radius 2 is 2.05 bits per heavy atom. The Labute approximate surface area is 116 Å². The molecule has 4 atom stereocenters. The molecule has 2 aliphatic rings. The fraction of sp³-hybridized carbons (Fsp3) is 0.933. The van der Waals surface area contributed by atoms with Gasteiger partial charge < -0.3 is 15.3 Å². The Hall–Kier alpha value is -0.610. The molecular weight excluding hydrogens is 240 g/mol. The maximum absolute atomic E-state index is 11.3. The van der Waals surface area contributed by atoms with Gasteiger partial charge in [0.25, 0.3) is 0 Å². The van der Waals surface area contributed by atoms with E-state index in [-0.39, 0.29) is 6.04 Å². The van der Waals surface area contributed by atoms with Crippen LogP contribution in [-0.4, -0.2) is 47.2 Å². The molecule has 1 aliphatic carbocycles. The average Bonchev–Trinajstić information content (AvgIpc) is 3.13. The molecule has 0 aromatic heterocycles. The number of nitrogens with zero attached hydrogens (tertiary/aromatic N) is 1. The quantitative estimate of drug-likeness (QED) is 0.773. The first-order valence-electron chi connectivity index (χ1n) is 7.70. The lowest BCUT2D eigenvalue weighted by atomic mass is 9.86. The van der Waals surface area contributed by atoms with Gasteiger partial charge in [-0.1, -0.05) is 13.8 Å². The van der Waals surface area contributed by atoms with Crippen LogP contribution in [0.4, 0.5) is 0 Å². The van der Waals surface area contributed by atoms with E-state index in [0.717, 1.165) is 38.3 Å². The Morgan fingerprint density at radius 1 is 1.37 bits per heavy atom. The van der Waals surface area contributed by atoms with E-state index >= 15 is 0 Å². The summed E-state index contributed by atoms with van der Waals surface area (Å²) in [6, 6.07) is 0.663. The summed E-state index contributed by atoms with van der Waals surface area (Å²) in [5.41, 5.74) is 0. The van der Waals surface area contributed by atoms with Gasteiger partial charge in [-0.2, -0.15) is 0 Å². The number of carbonyl (C=O) groups is 1. The molecule has 110 valence electrons. The minimum absolute atomic E-state index is 0.368. The predicted octanol–water partition coefficient (Wildman–Crippen LogP) is 1.95. The van der Waals surface area contributed by atoms with Crippen molar-refractivity contribution in [2.45, 2.75) is 64.6 Å². The summed E-state index contributed by atoms with van der Waals surface area (Å²) in [6.07, 6.45) is 4.28. The first-order chi connectivity index (χ1) is 8.97. The monoisotopic (exact) mass is 268 g/mol. The van der Waals surface area contributed by atoms with E-state index in [0.29, 0.717) is 18.0 Å². The molecule has 0 spiro atoms. The lowest BCUT2D eigenvalue weighted by Gasteiger charge is -2.41. The number of rotatable bonds is 6. The molecule has 0 aromatic carbocycles. The standard InChI is InChI=1S/C15H28N2O2/c1-10-8-11(2)12(3)17(9-10)7-6-14(15(18)19)16-13-4-5-13/h10-14,16H,4-9H2,1-3H3,(H,18,19). The summed E-state index contributed by atoms with van der Waals surface area (Å²) in [7, 11) is 0. The zero-order valence-electron chi connectivity index (χ0n) is 12.4. The Balaban J connectivity index is 1.82. The predicted molar refractivity (Wildman–Crippen MR) is 76.2 cm³/mol. The molecule has 4 nitrogen and oxygen atoms in total. The second kappa shape index (κ2) is 6.23. The van der Waals surface area contributed by atoms with Crippen molar-refractivity contribution in [2.75, 3.05) is 13.1 Å². The Bertz CT molecular complexity index is 317. The number of carboxylic acid groups (broad SMARTS) is 1. The second-order valence-electron chi connectivity index (χ2n) is 6.67. The summed E-state index contributed by atoms with van der Waals surface area (Å²) >= 11 is 0. The highest BCUT2D eigenvalue weighted by molar-refractivity contribution is 5.73. The maximum atomic E-state index is 11.3. The van der Waals surface area contributed by atoms with Gasteiger partial charge in [0.05, 0.1) is 0 Å². The van der Waals surface area contributed by atoms with Gasteiger partial charge >= 0.3 is 5.97 Å². The van der Waals surface area contributed by atoms with Crippen LogP contribution in [0, 0.1) is 11.8 Å². The Morgan fingerprint density at radius 3 is 2.63 bits per heavy atom. The summed E-state index contributed by atoms with van der Waals surface area (Å²) < 4.78 is 0. The number of hydrogen-bond donors (Lipinski definition) is 2. The third kappa shape index (κ3) is 4.18. The van der Waals surface area contributed by atoms with Crippen molar-refractivity contribution in [1.29, 1.82) is 0 Å². The van der Waals surface area contributed by atoms with Crippen LogP contribution in [-0.2, 0) is 4.79 Å². The summed E-state index contributed by atoms with van der Waals surface area (Å²) in [5, 5.41) is 12.5. The zero-order valence-corrected chi connectivity index (χ0v) is 12.4. The largest absolute Gasteiger partial charge is 0.480 e. The van der Waals surface area contributed by atoms with Gasteiger partial charge in [-0.3, -0.25) is 4.79 Å². The van der Waals surface area contributed by atoms with E-state index in [1.165, 1.54) is 6.42 Å². The topological polar surface area (TPSA) is 52.6 Å². The Kier molecular flexibility index (Phi) is 4.85. The average molecular weight is 268 g/mol. The number of aliphatic carboxylic acids is 1. The van der Waals surface area contributed by atoms with Crippen molar-refractivity contribution in [3.8, 4) is 0 Å². The van der Waals surface area contributed by atoms with Crippen LogP contribution in [0.2, 0.25) is 0 Å². The molecule has 19 heavy (non-hydrogen) atoms. The molecular formula is C15H28N2O2. The highest BCUT2D eigenvalue weighted by Crippen LogP contribution is 2.27. The number of likely N-dealkylation sites (tertiary alicyclic amines) is 1. The van der Waals surface area contributed by atoms with E-state index in [4.69, 9.17) is 0 Å². The van der Waals surface area contributed by atoms with Gasteiger partial charge in [0.2, 0.25) is 0 Å². The molecule has 1 saturated heterocycles. The van der Waals surface area contributed by atoms with Crippen LogP contribution in [0.15, 0.2) is 0 Å². The molecule has 0 bridgehead atoms. The van der Waals surface area contributed by atoms with E-state index < -0.39 is 5.97 Å². The van der Waals surface area contributed by atoms with Crippen molar-refractivity contribution in [3.63, 3.8) is 0 Å². The third-order valence-electron chi connectivity index (χ3n) is 4.74. The molecule has 0 amide bonds. The minimum Gasteiger partial charge on any atom is -0.480 e. The van der Waals surface area contributed by atoms with Crippen LogP contribution in [0.1, 0.15) is 46.5 Å². The molecule has 1 heterocycles. The van der Waals surface area contributed by atoms with E-state index in [9.17, 15) is 9.90 Å². The van der Waals surface area contributed by atoms with Crippen LogP contribution >= 0.6 is 0 Å². The highest BCUT2D eigenvalue weighted by Gasteiger charge is 2.31. The lowest BCUT2D eigenvalue weighted by Crippen LogP contribution is -2.48. The molecule has 2 rings (SSSR count). The molecule has 1 aliphatic heterocycles. The van der Waals surface area contributed by atoms with Crippen LogP contribution < -0.4 is 5.32 Å². The molecule has 2 N–H and O–H groups in total. The van der Waals surface area contributed by atoms with Crippen molar-refractivity contribution >= 4 is 5.97 Å². The van der Waals surface area contributed by atoms with Crippen molar-refractivity contribution in [1.82, 2.24) is 10.2 Å². The fourth-order valence-corrected chi connectivity index (χ4v) is 3.24. The van der Waals surface area contributed by atoms with Crippen LogP contribution in [0.3, 0.4) is 0 Å². The number of carboxylic acids is 1. The van der Waals surface area contributed by atoms with Gasteiger partial charge in [-0.15, -0.1) is 0 Å². The van der Waals surface area contributed by atoms with Gasteiger partial charge in [0, 0.05) is 25.2 Å². The molecule has 1 saturated carbocycles. The fourth-order valence-electron chi connectivity index (χ4n) is 3.24. The molecule has 0 aromatic rings. The number of hydrogen-bond acceptors (Lipinski definition) is 3. The molecule has 4 heteroatoms. The normalized spacial score (nSPS) is 34.2. The van der Waals surface area contributed by atoms with Crippen molar-refractivity contribution in [2.24, 2.45) is 11.8 Å². The number of piperidine rings is 1. The smallest absolute Gasteiger partial charge is 0.320 e. The zero-order chi connectivity index (χ0) is 14.0. The van der Waals surface area contributed by atoms with Gasteiger partial charge in [0.1, 0.15) is 6.04 Å². The van der Waals surface area contributed by atoms with Gasteiger partial charge in [0.15, 0.2) is 0 Å². The summed E-state index contributed by atoms with van der Waals surface area (Å²) in [4.78, 5) is 13.7. The maximum Gasteiger partial charge on any atom is 0.320 e. The second-order valence-corrected chi connectivity index (χ2v) is 6.67. The van der Waals surface area contributed by atoms with Crippen molar-refractivity contribution < 1.29 is 9.90 Å². The lowest BCUT2D eigenvalue weighted by molar-refractivity contribution is -0.139. The number of nitrogens with one attached hydrogen (secondary N) is 1. The van der Waals surface area contributed by atoms with Gasteiger partial charge in [-0.25, -0.2) is 0 Å². The summed E-state index contributed by atoms with van der Waals surface area (Å²) in [5.74, 6) is 0.743. The first-order valence-corrected chi connectivity index (χ1v) is 7.70. The summed E-state index contributed by atoms with van der Waals surface area (Å²) in [6.45, 7) is 8.89. The molecule has 4 unspecified atom stereocenters. The molecule has 2 fully saturated rings. The van der Waals surface area contributed by atoms with Gasteiger partial charge in [-0.05, 0) is 44.4 Å². The SMILES string of the molecule is CC1CC(C)C(C)N(CCC(NC2CC2)C(=O)O)C1. The van der Waals surface area contributed by atoms with Crippen LogP contribution in [0.25, 0.3) is 0 Å². The van der Waals surface area contributed by atoms with E-state index in [1.807, 2.05) is 0 Å². The first kappa shape index (κ1) is 14.8. The third-order valence-corrected chi connectivity index (χ3v) is 4.74. The molecule has 0 radical (unpaired) electrons.